The Morgan fingerprint density at radius 2 is 1.25 bits per heavy atom. The van der Waals surface area contributed by atoms with Crippen molar-refractivity contribution >= 4 is 12.3 Å². The number of hydrogen-bond acceptors (Lipinski definition) is 4. The van der Waals surface area contributed by atoms with Crippen molar-refractivity contribution in [1.82, 2.24) is 0 Å². The van der Waals surface area contributed by atoms with Crippen molar-refractivity contribution in [3.05, 3.63) is 0 Å². The van der Waals surface area contributed by atoms with Crippen LogP contribution in [0.15, 0.2) is 0 Å². The standard InChI is InChI=1S/C2H2O6/c3-1(4)7-8-2(5)6/h(H,3,4)(H,5,6). The molecule has 0 heterocycles. The molecule has 0 radical (unpaired) electrons. The lowest BCUT2D eigenvalue weighted by Crippen LogP contribution is -2.05. The van der Waals surface area contributed by atoms with Gasteiger partial charge >= 0.3 is 12.3 Å². The Hall–Kier alpha value is -1.46. The maximum atomic E-state index is 9.29. The second-order valence-electron chi connectivity index (χ2n) is 0.698. The topological polar surface area (TPSA) is 93.1 Å². The van der Waals surface area contributed by atoms with E-state index in [-0.39, 0.29) is 0 Å². The molecule has 0 aliphatic rings. The van der Waals surface area contributed by atoms with Crippen molar-refractivity contribution < 1.29 is 29.6 Å². The second-order valence-corrected chi connectivity index (χ2v) is 0.698. The largest absolute Gasteiger partial charge is 0.547 e. The summed E-state index contributed by atoms with van der Waals surface area (Å²) in [7, 11) is 0. The molecule has 0 unspecified atom stereocenters. The van der Waals surface area contributed by atoms with E-state index < -0.39 is 12.3 Å². The fourth-order valence-corrected chi connectivity index (χ4v) is 0.0713. The van der Waals surface area contributed by atoms with Crippen molar-refractivity contribution in [3.63, 3.8) is 0 Å². The molecule has 0 spiro atoms. The maximum Gasteiger partial charge on any atom is 0.547 e. The quantitative estimate of drug-likeness (QED) is 0.354. The van der Waals surface area contributed by atoms with Gasteiger partial charge in [0.25, 0.3) is 0 Å². The van der Waals surface area contributed by atoms with Crippen LogP contribution in [0.3, 0.4) is 0 Å². The molecule has 0 aromatic carbocycles. The van der Waals surface area contributed by atoms with Crippen molar-refractivity contribution in [2.45, 2.75) is 0 Å². The van der Waals surface area contributed by atoms with Crippen molar-refractivity contribution in [2.24, 2.45) is 0 Å². The van der Waals surface area contributed by atoms with Crippen molar-refractivity contribution in [2.75, 3.05) is 0 Å². The normalized spacial score (nSPS) is 7.50. The zero-order valence-electron chi connectivity index (χ0n) is 3.53. The first-order valence-corrected chi connectivity index (χ1v) is 1.43. The fraction of sp³-hybridized carbons (Fsp3) is 0. The first-order valence-electron chi connectivity index (χ1n) is 1.43. The lowest BCUT2D eigenvalue weighted by molar-refractivity contribution is -0.208. The third-order valence-corrected chi connectivity index (χ3v) is 0.184. The minimum Gasteiger partial charge on any atom is -0.447 e. The average Bonchev–Trinajstić information content (AvgIpc) is 1.61. The lowest BCUT2D eigenvalue weighted by Gasteiger charge is -1.89. The SMILES string of the molecule is O=C(O)OOC(=O)O. The Kier molecular flexibility index (Phi) is 2.18. The molecule has 0 aromatic heterocycles. The van der Waals surface area contributed by atoms with Gasteiger partial charge in [-0.2, -0.15) is 0 Å². The van der Waals surface area contributed by atoms with Gasteiger partial charge in [-0.25, -0.2) is 19.4 Å². The van der Waals surface area contributed by atoms with Gasteiger partial charge in [0.1, 0.15) is 0 Å². The van der Waals surface area contributed by atoms with Crippen LogP contribution in [0, 0.1) is 0 Å². The summed E-state index contributed by atoms with van der Waals surface area (Å²) in [6.45, 7) is 0. The first kappa shape index (κ1) is 6.54. The van der Waals surface area contributed by atoms with E-state index in [9.17, 15) is 9.59 Å². The van der Waals surface area contributed by atoms with Gasteiger partial charge in [-0.15, -0.1) is 0 Å². The van der Waals surface area contributed by atoms with Crippen molar-refractivity contribution in [3.8, 4) is 0 Å². The number of carboxylic acid groups (broad SMARTS) is 2. The van der Waals surface area contributed by atoms with Gasteiger partial charge in [0.15, 0.2) is 0 Å². The van der Waals surface area contributed by atoms with E-state index in [0.717, 1.165) is 0 Å². The van der Waals surface area contributed by atoms with Crippen LogP contribution < -0.4 is 0 Å². The molecule has 0 aliphatic heterocycles. The number of hydrogen-bond donors (Lipinski definition) is 2. The van der Waals surface area contributed by atoms with Gasteiger partial charge in [0.2, 0.25) is 0 Å². The summed E-state index contributed by atoms with van der Waals surface area (Å²) in [6, 6.07) is 0. The molecular formula is C2H2O6. The predicted octanol–water partition coefficient (Wildman–Crippen LogP) is 0.291. The van der Waals surface area contributed by atoms with E-state index in [1.807, 2.05) is 0 Å². The minimum atomic E-state index is -1.80. The number of rotatable bonds is 0. The smallest absolute Gasteiger partial charge is 0.447 e. The highest BCUT2D eigenvalue weighted by molar-refractivity contribution is 5.60. The van der Waals surface area contributed by atoms with Gasteiger partial charge in [-0.05, 0) is 0 Å². The summed E-state index contributed by atoms with van der Waals surface area (Å²) in [5.74, 6) is 0. The average molecular weight is 122 g/mol. The van der Waals surface area contributed by atoms with Crippen LogP contribution in [-0.4, -0.2) is 22.5 Å². The van der Waals surface area contributed by atoms with Crippen LogP contribution in [0.5, 0.6) is 0 Å². The summed E-state index contributed by atoms with van der Waals surface area (Å²) in [6.07, 6.45) is -3.60. The van der Waals surface area contributed by atoms with Crippen LogP contribution >= 0.6 is 0 Å². The van der Waals surface area contributed by atoms with E-state index in [4.69, 9.17) is 10.2 Å². The van der Waals surface area contributed by atoms with E-state index in [0.29, 0.717) is 0 Å². The van der Waals surface area contributed by atoms with Crippen LogP contribution in [-0.2, 0) is 9.78 Å². The molecule has 6 heteroatoms. The predicted molar refractivity (Wildman–Crippen MR) is 18.2 cm³/mol. The van der Waals surface area contributed by atoms with Gasteiger partial charge in [-0.3, -0.25) is 0 Å². The fourth-order valence-electron chi connectivity index (χ4n) is 0.0713. The molecule has 0 saturated heterocycles. The number of carbonyl (C=O) groups is 2. The highest BCUT2D eigenvalue weighted by Crippen LogP contribution is 1.78. The van der Waals surface area contributed by atoms with E-state index in [1.54, 1.807) is 0 Å². The molecule has 2 N–H and O–H groups in total. The summed E-state index contributed by atoms with van der Waals surface area (Å²) in [4.78, 5) is 24.8. The lowest BCUT2D eigenvalue weighted by atomic mass is 11.4. The molecular weight excluding hydrogens is 120 g/mol. The van der Waals surface area contributed by atoms with Crippen LogP contribution in [0.2, 0.25) is 0 Å². The molecule has 0 aliphatic carbocycles. The summed E-state index contributed by atoms with van der Waals surface area (Å²) >= 11 is 0. The van der Waals surface area contributed by atoms with Gasteiger partial charge in [0, 0.05) is 0 Å². The molecule has 8 heavy (non-hydrogen) atoms. The Balaban J connectivity index is 3.18. The molecule has 0 aromatic rings. The van der Waals surface area contributed by atoms with E-state index >= 15 is 0 Å². The van der Waals surface area contributed by atoms with Crippen LogP contribution in [0.4, 0.5) is 9.59 Å². The Morgan fingerprint density at radius 1 is 1.00 bits per heavy atom. The van der Waals surface area contributed by atoms with Crippen molar-refractivity contribution in [1.29, 1.82) is 0 Å². The molecule has 0 atom stereocenters. The first-order chi connectivity index (χ1) is 3.63. The van der Waals surface area contributed by atoms with Crippen LogP contribution in [0.25, 0.3) is 0 Å². The summed E-state index contributed by atoms with van der Waals surface area (Å²) in [5, 5.41) is 15.1. The van der Waals surface area contributed by atoms with E-state index in [2.05, 4.69) is 9.78 Å². The highest BCUT2D eigenvalue weighted by Gasteiger charge is 2.01. The summed E-state index contributed by atoms with van der Waals surface area (Å²) < 4.78 is 0. The molecule has 6 nitrogen and oxygen atoms in total. The van der Waals surface area contributed by atoms with E-state index in [1.165, 1.54) is 0 Å². The zero-order chi connectivity index (χ0) is 6.57. The minimum absolute atomic E-state index is 1.80. The Morgan fingerprint density at radius 3 is 1.38 bits per heavy atom. The highest BCUT2D eigenvalue weighted by atomic mass is 17.2. The maximum absolute atomic E-state index is 9.29. The molecule has 0 saturated carbocycles. The third-order valence-electron chi connectivity index (χ3n) is 0.184. The molecule has 0 rings (SSSR count). The summed E-state index contributed by atoms with van der Waals surface area (Å²) in [5.41, 5.74) is 0. The van der Waals surface area contributed by atoms with Crippen LogP contribution in [0.1, 0.15) is 0 Å². The zero-order valence-corrected chi connectivity index (χ0v) is 3.53. The Labute approximate surface area is 43.2 Å². The molecule has 46 valence electrons. The van der Waals surface area contributed by atoms with Gasteiger partial charge < -0.3 is 10.2 Å². The molecule has 0 fully saturated rings. The monoisotopic (exact) mass is 122 g/mol. The third kappa shape index (κ3) is 4.54. The van der Waals surface area contributed by atoms with Gasteiger partial charge in [-0.1, -0.05) is 0 Å². The molecule has 0 amide bonds. The molecule has 0 bridgehead atoms. The second kappa shape index (κ2) is 2.67. The Bertz CT molecular complexity index is 91.1. The van der Waals surface area contributed by atoms with Gasteiger partial charge in [0.05, 0.1) is 0 Å².